The van der Waals surface area contributed by atoms with Crippen molar-refractivity contribution in [3.05, 3.63) is 54.4 Å². The van der Waals surface area contributed by atoms with Crippen LogP contribution in [0.4, 0.5) is 0 Å². The maximum atomic E-state index is 9.11. The SMILES string of the molecule is Oc1ccc(OCCCc2cccnc2)cc1. The van der Waals surface area contributed by atoms with Crippen LogP contribution in [0, 0.1) is 0 Å². The lowest BCUT2D eigenvalue weighted by Crippen LogP contribution is -1.99. The standard InChI is InChI=1S/C14H15NO2/c16-13-5-7-14(8-6-13)17-10-2-4-12-3-1-9-15-11-12/h1,3,5-9,11,16H,2,4,10H2. The van der Waals surface area contributed by atoms with Gasteiger partial charge >= 0.3 is 0 Å². The molecule has 0 amide bonds. The minimum absolute atomic E-state index is 0.257. The molecular weight excluding hydrogens is 214 g/mol. The Bertz CT molecular complexity index is 440. The van der Waals surface area contributed by atoms with Crippen LogP contribution in [-0.4, -0.2) is 16.7 Å². The van der Waals surface area contributed by atoms with E-state index in [-0.39, 0.29) is 5.75 Å². The summed E-state index contributed by atoms with van der Waals surface area (Å²) in [4.78, 5) is 4.06. The second-order valence-corrected chi connectivity index (χ2v) is 3.81. The second kappa shape index (κ2) is 5.89. The predicted octanol–water partition coefficient (Wildman–Crippen LogP) is 2.80. The van der Waals surface area contributed by atoms with Crippen molar-refractivity contribution in [3.8, 4) is 11.5 Å². The number of aromatic nitrogens is 1. The molecule has 0 aliphatic carbocycles. The van der Waals surface area contributed by atoms with Crippen LogP contribution in [0.1, 0.15) is 12.0 Å². The number of benzene rings is 1. The van der Waals surface area contributed by atoms with Gasteiger partial charge in [0.05, 0.1) is 6.61 Å². The maximum absolute atomic E-state index is 9.11. The van der Waals surface area contributed by atoms with Gasteiger partial charge in [0.2, 0.25) is 0 Å². The molecule has 0 bridgehead atoms. The van der Waals surface area contributed by atoms with Gasteiger partial charge in [-0.1, -0.05) is 6.07 Å². The van der Waals surface area contributed by atoms with E-state index in [1.54, 1.807) is 30.5 Å². The number of rotatable bonds is 5. The number of aryl methyl sites for hydroxylation is 1. The lowest BCUT2D eigenvalue weighted by Gasteiger charge is -2.05. The molecule has 0 spiro atoms. The molecule has 0 saturated heterocycles. The molecule has 3 nitrogen and oxygen atoms in total. The highest BCUT2D eigenvalue weighted by Crippen LogP contribution is 2.16. The molecular formula is C14H15NO2. The van der Waals surface area contributed by atoms with E-state index in [2.05, 4.69) is 11.1 Å². The summed E-state index contributed by atoms with van der Waals surface area (Å²) in [5, 5.41) is 9.11. The monoisotopic (exact) mass is 229 g/mol. The first kappa shape index (κ1) is 11.5. The average Bonchev–Trinajstić information content (AvgIpc) is 2.38. The van der Waals surface area contributed by atoms with Crippen molar-refractivity contribution in [1.82, 2.24) is 4.98 Å². The van der Waals surface area contributed by atoms with Crippen molar-refractivity contribution < 1.29 is 9.84 Å². The number of pyridine rings is 1. The smallest absolute Gasteiger partial charge is 0.119 e. The van der Waals surface area contributed by atoms with Crippen molar-refractivity contribution in [2.45, 2.75) is 12.8 Å². The summed E-state index contributed by atoms with van der Waals surface area (Å²) < 4.78 is 5.55. The summed E-state index contributed by atoms with van der Waals surface area (Å²) in [7, 11) is 0. The summed E-state index contributed by atoms with van der Waals surface area (Å²) in [5.41, 5.74) is 1.22. The predicted molar refractivity (Wildman–Crippen MR) is 66.2 cm³/mol. The third-order valence-electron chi connectivity index (χ3n) is 2.44. The van der Waals surface area contributed by atoms with Gasteiger partial charge in [-0.05, 0) is 48.7 Å². The zero-order chi connectivity index (χ0) is 11.9. The number of nitrogens with zero attached hydrogens (tertiary/aromatic N) is 1. The zero-order valence-electron chi connectivity index (χ0n) is 9.54. The van der Waals surface area contributed by atoms with Crippen LogP contribution in [0.2, 0.25) is 0 Å². The number of hydrogen-bond acceptors (Lipinski definition) is 3. The van der Waals surface area contributed by atoms with Crippen molar-refractivity contribution in [1.29, 1.82) is 0 Å². The number of phenols is 1. The Morgan fingerprint density at radius 1 is 1.12 bits per heavy atom. The quantitative estimate of drug-likeness (QED) is 0.802. The number of aromatic hydroxyl groups is 1. The molecule has 1 heterocycles. The molecule has 1 aromatic heterocycles. The normalized spacial score (nSPS) is 10.1. The first-order valence-corrected chi connectivity index (χ1v) is 5.65. The summed E-state index contributed by atoms with van der Waals surface area (Å²) in [5.74, 6) is 1.04. The first-order valence-electron chi connectivity index (χ1n) is 5.65. The Balaban J connectivity index is 1.71. The Morgan fingerprint density at radius 2 is 1.94 bits per heavy atom. The minimum Gasteiger partial charge on any atom is -0.508 e. The molecule has 0 aliphatic heterocycles. The van der Waals surface area contributed by atoms with E-state index in [1.807, 2.05) is 12.3 Å². The van der Waals surface area contributed by atoms with Gasteiger partial charge in [0, 0.05) is 12.4 Å². The summed E-state index contributed by atoms with van der Waals surface area (Å²) in [6.07, 6.45) is 5.56. The van der Waals surface area contributed by atoms with Crippen molar-refractivity contribution in [2.75, 3.05) is 6.61 Å². The van der Waals surface area contributed by atoms with Crippen LogP contribution < -0.4 is 4.74 Å². The van der Waals surface area contributed by atoms with Gasteiger partial charge in [0.25, 0.3) is 0 Å². The Hall–Kier alpha value is -2.03. The van der Waals surface area contributed by atoms with Crippen LogP contribution >= 0.6 is 0 Å². The molecule has 1 N–H and O–H groups in total. The van der Waals surface area contributed by atoms with E-state index in [0.29, 0.717) is 6.61 Å². The lowest BCUT2D eigenvalue weighted by atomic mass is 10.2. The fraction of sp³-hybridized carbons (Fsp3) is 0.214. The Morgan fingerprint density at radius 3 is 2.65 bits per heavy atom. The van der Waals surface area contributed by atoms with Crippen LogP contribution in [0.3, 0.4) is 0 Å². The molecule has 0 radical (unpaired) electrons. The van der Waals surface area contributed by atoms with Gasteiger partial charge in [-0.15, -0.1) is 0 Å². The molecule has 3 heteroatoms. The van der Waals surface area contributed by atoms with Gasteiger partial charge in [-0.3, -0.25) is 4.98 Å². The van der Waals surface area contributed by atoms with Crippen LogP contribution in [0.25, 0.3) is 0 Å². The van der Waals surface area contributed by atoms with Crippen molar-refractivity contribution in [3.63, 3.8) is 0 Å². The van der Waals surface area contributed by atoms with Gasteiger partial charge in [-0.2, -0.15) is 0 Å². The van der Waals surface area contributed by atoms with Crippen LogP contribution in [-0.2, 0) is 6.42 Å². The van der Waals surface area contributed by atoms with Crippen LogP contribution in [0.5, 0.6) is 11.5 Å². The van der Waals surface area contributed by atoms with Crippen molar-refractivity contribution >= 4 is 0 Å². The third kappa shape index (κ3) is 3.79. The molecule has 0 unspecified atom stereocenters. The third-order valence-corrected chi connectivity index (χ3v) is 2.44. The fourth-order valence-electron chi connectivity index (χ4n) is 1.55. The number of hydrogen-bond donors (Lipinski definition) is 1. The Labute approximate surface area is 101 Å². The average molecular weight is 229 g/mol. The van der Waals surface area contributed by atoms with Gasteiger partial charge in [0.1, 0.15) is 11.5 Å². The molecule has 1 aromatic carbocycles. The molecule has 0 fully saturated rings. The van der Waals surface area contributed by atoms with Gasteiger partial charge < -0.3 is 9.84 Å². The molecule has 88 valence electrons. The molecule has 0 atom stereocenters. The topological polar surface area (TPSA) is 42.4 Å². The highest BCUT2D eigenvalue weighted by molar-refractivity contribution is 5.30. The lowest BCUT2D eigenvalue weighted by molar-refractivity contribution is 0.310. The minimum atomic E-state index is 0.257. The summed E-state index contributed by atoms with van der Waals surface area (Å²) >= 11 is 0. The molecule has 2 aromatic rings. The van der Waals surface area contributed by atoms with Crippen molar-refractivity contribution in [2.24, 2.45) is 0 Å². The van der Waals surface area contributed by atoms with E-state index >= 15 is 0 Å². The van der Waals surface area contributed by atoms with E-state index in [4.69, 9.17) is 9.84 Å². The van der Waals surface area contributed by atoms with E-state index < -0.39 is 0 Å². The van der Waals surface area contributed by atoms with E-state index in [0.717, 1.165) is 18.6 Å². The molecule has 2 rings (SSSR count). The molecule has 0 aliphatic rings. The van der Waals surface area contributed by atoms with Crippen LogP contribution in [0.15, 0.2) is 48.8 Å². The highest BCUT2D eigenvalue weighted by Gasteiger charge is 1.95. The highest BCUT2D eigenvalue weighted by atomic mass is 16.5. The largest absolute Gasteiger partial charge is 0.508 e. The maximum Gasteiger partial charge on any atom is 0.119 e. The molecule has 17 heavy (non-hydrogen) atoms. The second-order valence-electron chi connectivity index (χ2n) is 3.81. The summed E-state index contributed by atoms with van der Waals surface area (Å²) in [6.45, 7) is 0.666. The van der Waals surface area contributed by atoms with E-state index in [9.17, 15) is 0 Å². The van der Waals surface area contributed by atoms with Gasteiger partial charge in [-0.25, -0.2) is 0 Å². The molecule has 0 saturated carbocycles. The first-order chi connectivity index (χ1) is 8.34. The zero-order valence-corrected chi connectivity index (χ0v) is 9.54. The fourth-order valence-corrected chi connectivity index (χ4v) is 1.55. The number of phenolic OH excluding ortho intramolecular Hbond substituents is 1. The van der Waals surface area contributed by atoms with Gasteiger partial charge in [0.15, 0.2) is 0 Å². The number of ether oxygens (including phenoxy) is 1. The Kier molecular flexibility index (Phi) is 3.97. The summed E-state index contributed by atoms with van der Waals surface area (Å²) in [6, 6.07) is 10.8. The van der Waals surface area contributed by atoms with E-state index in [1.165, 1.54) is 5.56 Å².